The van der Waals surface area contributed by atoms with E-state index in [4.69, 9.17) is 4.74 Å². The van der Waals surface area contributed by atoms with Gasteiger partial charge in [0.25, 0.3) is 0 Å². The van der Waals surface area contributed by atoms with Gasteiger partial charge >= 0.3 is 0 Å². The van der Waals surface area contributed by atoms with Crippen LogP contribution in [0.5, 0.6) is 5.75 Å². The van der Waals surface area contributed by atoms with Crippen LogP contribution in [0.25, 0.3) is 0 Å². The van der Waals surface area contributed by atoms with E-state index in [-0.39, 0.29) is 0 Å². The van der Waals surface area contributed by atoms with Crippen molar-refractivity contribution >= 4 is 0 Å². The molecule has 0 heterocycles. The first-order chi connectivity index (χ1) is 14.8. The summed E-state index contributed by atoms with van der Waals surface area (Å²) in [5.41, 5.74) is 6.03. The van der Waals surface area contributed by atoms with E-state index >= 15 is 0 Å². The maximum absolute atomic E-state index is 10.5. The smallest absolute Gasteiger partial charge is 0.120 e. The Morgan fingerprint density at radius 1 is 1.10 bits per heavy atom. The van der Waals surface area contributed by atoms with Crippen molar-refractivity contribution in [2.75, 3.05) is 47.9 Å². The number of rotatable bonds is 7. The van der Waals surface area contributed by atoms with Gasteiger partial charge in [0.2, 0.25) is 0 Å². The predicted octanol–water partition coefficient (Wildman–Crippen LogP) is 4.81. The van der Waals surface area contributed by atoms with Crippen molar-refractivity contribution in [2.45, 2.75) is 57.9 Å². The Morgan fingerprint density at radius 3 is 2.65 bits per heavy atom. The Kier molecular flexibility index (Phi) is 6.81. The number of phenolic OH excluding ortho intramolecular Hbond substituents is 1. The van der Waals surface area contributed by atoms with Crippen molar-refractivity contribution in [3.05, 3.63) is 40.5 Å². The zero-order valence-electron chi connectivity index (χ0n) is 20.3. The van der Waals surface area contributed by atoms with Crippen molar-refractivity contribution < 1.29 is 9.84 Å². The summed E-state index contributed by atoms with van der Waals surface area (Å²) in [6.45, 7) is 5.89. The lowest BCUT2D eigenvalue weighted by molar-refractivity contribution is 0.0801. The molecule has 0 bridgehead atoms. The Bertz CT molecular complexity index is 816. The molecule has 0 saturated heterocycles. The van der Waals surface area contributed by atoms with Gasteiger partial charge < -0.3 is 19.6 Å². The van der Waals surface area contributed by atoms with E-state index in [9.17, 15) is 5.11 Å². The summed E-state index contributed by atoms with van der Waals surface area (Å²) in [4.78, 5) is 4.32. The molecule has 1 aromatic rings. The highest BCUT2D eigenvalue weighted by Crippen LogP contribution is 2.62. The molecule has 0 aliphatic heterocycles. The molecule has 0 amide bonds. The van der Waals surface area contributed by atoms with Gasteiger partial charge in [-0.05, 0) is 107 Å². The standard InChI is InChI=1S/C27H42N2O2/c1-27-12-10-22-23(25(27)9-7-21(27)11-14-31-15-13-28(2)3)8-6-19-17-26(30)20(16-24(19)22)18-29(4)5/h11,16-17,22-23,25,30H,6-10,12-15,18H2,1-5H3/t22-,23+,25-,27+/m0/s1. The number of aryl methyl sites for hydroxylation is 1. The molecular formula is C27H42N2O2. The number of ether oxygens (including phenoxy) is 1. The number of likely N-dealkylation sites (N-methyl/N-ethyl adjacent to an activating group) is 1. The highest BCUT2D eigenvalue weighted by atomic mass is 16.5. The summed E-state index contributed by atoms with van der Waals surface area (Å²) in [5.74, 6) is 2.72. The Balaban J connectivity index is 1.50. The first kappa shape index (κ1) is 22.8. The molecule has 2 fully saturated rings. The Labute approximate surface area is 189 Å². The van der Waals surface area contributed by atoms with Gasteiger partial charge in [-0.1, -0.05) is 24.6 Å². The van der Waals surface area contributed by atoms with Crippen LogP contribution in [0.1, 0.15) is 61.6 Å². The van der Waals surface area contributed by atoms with Crippen LogP contribution >= 0.6 is 0 Å². The number of phenols is 1. The molecule has 0 unspecified atom stereocenters. The van der Waals surface area contributed by atoms with Crippen LogP contribution < -0.4 is 0 Å². The summed E-state index contributed by atoms with van der Waals surface area (Å²) < 4.78 is 5.89. The Hall–Kier alpha value is -1.36. The largest absolute Gasteiger partial charge is 0.508 e. The molecule has 3 aliphatic rings. The molecule has 4 nitrogen and oxygen atoms in total. The van der Waals surface area contributed by atoms with Crippen LogP contribution in [0.15, 0.2) is 23.8 Å². The zero-order chi connectivity index (χ0) is 22.2. The molecule has 4 heteroatoms. The molecule has 0 spiro atoms. The molecule has 172 valence electrons. The summed E-state index contributed by atoms with van der Waals surface area (Å²) in [6.07, 6.45) is 9.94. The van der Waals surface area contributed by atoms with Crippen LogP contribution in [-0.2, 0) is 17.7 Å². The third-order valence-electron chi connectivity index (χ3n) is 8.39. The fourth-order valence-electron chi connectivity index (χ4n) is 6.80. The van der Waals surface area contributed by atoms with E-state index in [1.807, 2.05) is 0 Å². The fourth-order valence-corrected chi connectivity index (χ4v) is 6.80. The minimum Gasteiger partial charge on any atom is -0.508 e. The maximum Gasteiger partial charge on any atom is 0.120 e. The van der Waals surface area contributed by atoms with Gasteiger partial charge in [0.1, 0.15) is 5.75 Å². The summed E-state index contributed by atoms with van der Waals surface area (Å²) >= 11 is 0. The first-order valence-corrected chi connectivity index (χ1v) is 12.2. The number of aromatic hydroxyl groups is 1. The molecule has 4 rings (SSSR count). The van der Waals surface area contributed by atoms with Crippen molar-refractivity contribution in [2.24, 2.45) is 17.3 Å². The lowest BCUT2D eigenvalue weighted by Gasteiger charge is -2.49. The van der Waals surface area contributed by atoms with Gasteiger partial charge in [-0.25, -0.2) is 0 Å². The van der Waals surface area contributed by atoms with Crippen molar-refractivity contribution in [1.82, 2.24) is 9.80 Å². The average molecular weight is 427 g/mol. The van der Waals surface area contributed by atoms with Gasteiger partial charge in [0.15, 0.2) is 0 Å². The van der Waals surface area contributed by atoms with E-state index in [0.717, 1.165) is 50.1 Å². The molecule has 31 heavy (non-hydrogen) atoms. The number of allylic oxidation sites excluding steroid dienone is 1. The van der Waals surface area contributed by atoms with E-state index < -0.39 is 0 Å². The minimum absolute atomic E-state index is 0.354. The van der Waals surface area contributed by atoms with Crippen LogP contribution in [0.4, 0.5) is 0 Å². The van der Waals surface area contributed by atoms with Crippen LogP contribution in [-0.4, -0.2) is 62.9 Å². The molecule has 0 aromatic heterocycles. The van der Waals surface area contributed by atoms with E-state index in [1.165, 1.54) is 43.2 Å². The molecule has 1 aromatic carbocycles. The third kappa shape index (κ3) is 4.58. The maximum atomic E-state index is 10.5. The summed E-state index contributed by atoms with van der Waals surface area (Å²) in [5, 5.41) is 10.5. The lowest BCUT2D eigenvalue weighted by Crippen LogP contribution is -2.40. The number of fused-ring (bicyclic) bond motifs is 5. The normalized spacial score (nSPS) is 31.2. The van der Waals surface area contributed by atoms with Gasteiger partial charge in [0.05, 0.1) is 13.2 Å². The van der Waals surface area contributed by atoms with Crippen LogP contribution in [0.2, 0.25) is 0 Å². The fraction of sp³-hybridized carbons (Fsp3) is 0.704. The third-order valence-corrected chi connectivity index (χ3v) is 8.39. The van der Waals surface area contributed by atoms with Gasteiger partial charge in [-0.2, -0.15) is 0 Å². The molecule has 4 atom stereocenters. The SMILES string of the molecule is CN(C)CCOCC=C1CC[C@H]2[C@@H]3CCc4cc(O)c(CN(C)C)cc4[C@H]3CC[C@]12C. The molecule has 2 saturated carbocycles. The summed E-state index contributed by atoms with van der Waals surface area (Å²) in [6, 6.07) is 4.41. The summed E-state index contributed by atoms with van der Waals surface area (Å²) in [7, 11) is 8.33. The van der Waals surface area contributed by atoms with E-state index in [2.05, 4.69) is 63.1 Å². The van der Waals surface area contributed by atoms with Crippen molar-refractivity contribution in [1.29, 1.82) is 0 Å². The molecule has 1 N–H and O–H groups in total. The molecule has 0 radical (unpaired) electrons. The van der Waals surface area contributed by atoms with Crippen LogP contribution in [0, 0.1) is 17.3 Å². The van der Waals surface area contributed by atoms with Crippen molar-refractivity contribution in [3.63, 3.8) is 0 Å². The number of hydrogen-bond acceptors (Lipinski definition) is 4. The lowest BCUT2D eigenvalue weighted by atomic mass is 9.55. The average Bonchev–Trinajstić information content (AvgIpc) is 3.04. The second kappa shape index (κ2) is 9.25. The van der Waals surface area contributed by atoms with Gasteiger partial charge in [-0.3, -0.25) is 0 Å². The number of benzene rings is 1. The van der Waals surface area contributed by atoms with Gasteiger partial charge in [-0.15, -0.1) is 0 Å². The highest BCUT2D eigenvalue weighted by molar-refractivity contribution is 5.46. The van der Waals surface area contributed by atoms with Crippen LogP contribution in [0.3, 0.4) is 0 Å². The molecule has 3 aliphatic carbocycles. The topological polar surface area (TPSA) is 35.9 Å². The first-order valence-electron chi connectivity index (χ1n) is 12.2. The number of nitrogens with zero attached hydrogens (tertiary/aromatic N) is 2. The second-order valence-corrected chi connectivity index (χ2v) is 10.9. The van der Waals surface area contributed by atoms with Gasteiger partial charge in [0, 0.05) is 18.7 Å². The van der Waals surface area contributed by atoms with Crippen molar-refractivity contribution in [3.8, 4) is 5.75 Å². The molecular weight excluding hydrogens is 384 g/mol. The Morgan fingerprint density at radius 2 is 1.90 bits per heavy atom. The monoisotopic (exact) mass is 426 g/mol. The zero-order valence-corrected chi connectivity index (χ0v) is 20.3. The second-order valence-electron chi connectivity index (χ2n) is 10.9. The quantitative estimate of drug-likeness (QED) is 0.501. The van der Waals surface area contributed by atoms with E-state index in [1.54, 1.807) is 5.57 Å². The predicted molar refractivity (Wildman–Crippen MR) is 128 cm³/mol. The number of hydrogen-bond donors (Lipinski definition) is 1. The van der Waals surface area contributed by atoms with E-state index in [0.29, 0.717) is 17.1 Å². The highest BCUT2D eigenvalue weighted by Gasteiger charge is 2.52. The minimum atomic E-state index is 0.354.